The number of thioether (sulfide) groups is 1. The van der Waals surface area contributed by atoms with Gasteiger partial charge >= 0.3 is 5.97 Å². The van der Waals surface area contributed by atoms with Crippen molar-refractivity contribution in [2.45, 2.75) is 12.2 Å². The highest BCUT2D eigenvalue weighted by atomic mass is 32.2. The molecule has 1 aromatic carbocycles. The molecular weight excluding hydrogens is 231 g/mol. The van der Waals surface area contributed by atoms with Crippen LogP contribution >= 0.6 is 11.8 Å². The third-order valence-electron chi connectivity index (χ3n) is 2.00. The average Bonchev–Trinajstić information content (AvgIpc) is 2.26. The monoisotopic (exact) mass is 244 g/mol. The molecule has 0 aliphatic rings. The van der Waals surface area contributed by atoms with Gasteiger partial charge in [0.1, 0.15) is 5.82 Å². The number of hydrogen-bond acceptors (Lipinski definition) is 3. The average molecular weight is 244 g/mol. The molecule has 0 spiro atoms. The Balaban J connectivity index is 2.57. The first-order valence-corrected chi connectivity index (χ1v) is 6.01. The van der Waals surface area contributed by atoms with Crippen LogP contribution in [0.3, 0.4) is 0 Å². The van der Waals surface area contributed by atoms with Gasteiger partial charge in [0, 0.05) is 12.4 Å². The fourth-order valence-electron chi connectivity index (χ4n) is 1.15. The summed E-state index contributed by atoms with van der Waals surface area (Å²) in [6.45, 7) is 0.132. The van der Waals surface area contributed by atoms with E-state index in [1.54, 1.807) is 0 Å². The SMILES string of the molecule is O=C(O)c1ccc(CSCCCO)c(F)c1. The first-order valence-electron chi connectivity index (χ1n) is 4.85. The quantitative estimate of drug-likeness (QED) is 0.753. The second-order valence-corrected chi connectivity index (χ2v) is 4.35. The molecule has 88 valence electrons. The van der Waals surface area contributed by atoms with Gasteiger partial charge in [-0.05, 0) is 29.9 Å². The number of carbonyl (C=O) groups is 1. The molecule has 0 atom stereocenters. The predicted octanol–water partition coefficient (Wildman–Crippen LogP) is 2.14. The van der Waals surface area contributed by atoms with Gasteiger partial charge in [-0.25, -0.2) is 9.18 Å². The first kappa shape index (κ1) is 13.0. The van der Waals surface area contributed by atoms with E-state index >= 15 is 0 Å². The van der Waals surface area contributed by atoms with Crippen LogP contribution in [0.25, 0.3) is 0 Å². The van der Waals surface area contributed by atoms with Crippen LogP contribution in [0.15, 0.2) is 18.2 Å². The second kappa shape index (κ2) is 6.50. The number of carboxylic acids is 1. The fraction of sp³-hybridized carbons (Fsp3) is 0.364. The van der Waals surface area contributed by atoms with Gasteiger partial charge in [0.25, 0.3) is 0 Å². The smallest absolute Gasteiger partial charge is 0.335 e. The summed E-state index contributed by atoms with van der Waals surface area (Å²) in [6, 6.07) is 3.92. The van der Waals surface area contributed by atoms with Crippen LogP contribution in [0.5, 0.6) is 0 Å². The van der Waals surface area contributed by atoms with Crippen molar-refractivity contribution in [2.75, 3.05) is 12.4 Å². The van der Waals surface area contributed by atoms with E-state index in [0.717, 1.165) is 11.8 Å². The van der Waals surface area contributed by atoms with E-state index in [0.29, 0.717) is 17.7 Å². The van der Waals surface area contributed by atoms with E-state index in [9.17, 15) is 9.18 Å². The number of rotatable bonds is 6. The Kier molecular flexibility index (Phi) is 5.28. The van der Waals surface area contributed by atoms with Gasteiger partial charge in [-0.15, -0.1) is 0 Å². The van der Waals surface area contributed by atoms with Crippen molar-refractivity contribution >= 4 is 17.7 Å². The minimum Gasteiger partial charge on any atom is -0.478 e. The maximum Gasteiger partial charge on any atom is 0.335 e. The van der Waals surface area contributed by atoms with Crippen LogP contribution in [0.4, 0.5) is 4.39 Å². The number of aliphatic hydroxyl groups excluding tert-OH is 1. The molecular formula is C11H13FO3S. The molecule has 0 aliphatic carbocycles. The second-order valence-electron chi connectivity index (χ2n) is 3.24. The number of hydrogen-bond donors (Lipinski definition) is 2. The van der Waals surface area contributed by atoms with Crippen molar-refractivity contribution in [3.8, 4) is 0 Å². The number of benzene rings is 1. The molecule has 0 unspecified atom stereocenters. The summed E-state index contributed by atoms with van der Waals surface area (Å²) < 4.78 is 13.4. The summed E-state index contributed by atoms with van der Waals surface area (Å²) in [7, 11) is 0. The normalized spacial score (nSPS) is 10.4. The lowest BCUT2D eigenvalue weighted by molar-refractivity contribution is 0.0696. The van der Waals surface area contributed by atoms with Gasteiger partial charge in [0.05, 0.1) is 5.56 Å². The third-order valence-corrected chi connectivity index (χ3v) is 3.10. The van der Waals surface area contributed by atoms with E-state index in [-0.39, 0.29) is 12.2 Å². The Hall–Kier alpha value is -1.07. The maximum atomic E-state index is 13.4. The van der Waals surface area contributed by atoms with Gasteiger partial charge in [0.2, 0.25) is 0 Å². The molecule has 3 nitrogen and oxygen atoms in total. The first-order chi connectivity index (χ1) is 7.65. The lowest BCUT2D eigenvalue weighted by Gasteiger charge is -2.03. The van der Waals surface area contributed by atoms with Gasteiger partial charge in [0.15, 0.2) is 0 Å². The van der Waals surface area contributed by atoms with Crippen molar-refractivity contribution in [2.24, 2.45) is 0 Å². The molecule has 5 heteroatoms. The Labute approximate surface area is 97.3 Å². The van der Waals surface area contributed by atoms with Crippen molar-refractivity contribution in [3.05, 3.63) is 35.1 Å². The van der Waals surface area contributed by atoms with Crippen LogP contribution < -0.4 is 0 Å². The molecule has 2 N–H and O–H groups in total. The zero-order valence-corrected chi connectivity index (χ0v) is 9.47. The minimum absolute atomic E-state index is 0.0402. The number of halogens is 1. The Morgan fingerprint density at radius 2 is 2.19 bits per heavy atom. The van der Waals surface area contributed by atoms with Gasteiger partial charge in [-0.1, -0.05) is 6.07 Å². The van der Waals surface area contributed by atoms with E-state index in [1.807, 2.05) is 0 Å². The highest BCUT2D eigenvalue weighted by Crippen LogP contribution is 2.17. The largest absolute Gasteiger partial charge is 0.478 e. The summed E-state index contributed by atoms with van der Waals surface area (Å²) >= 11 is 1.51. The predicted molar refractivity (Wildman–Crippen MR) is 61.2 cm³/mol. The minimum atomic E-state index is -1.13. The number of aromatic carboxylic acids is 1. The molecule has 0 heterocycles. The topological polar surface area (TPSA) is 57.5 Å². The Morgan fingerprint density at radius 1 is 1.44 bits per heavy atom. The van der Waals surface area contributed by atoms with E-state index < -0.39 is 11.8 Å². The summed E-state index contributed by atoms with van der Waals surface area (Å²) in [5.41, 5.74) is 0.453. The fourth-order valence-corrected chi connectivity index (χ4v) is 2.08. The molecule has 16 heavy (non-hydrogen) atoms. The van der Waals surface area contributed by atoms with Crippen LogP contribution in [0.1, 0.15) is 22.3 Å². The van der Waals surface area contributed by atoms with Crippen LogP contribution in [-0.2, 0) is 5.75 Å². The van der Waals surface area contributed by atoms with Gasteiger partial charge in [-0.2, -0.15) is 11.8 Å². The molecule has 0 saturated carbocycles. The molecule has 1 aromatic rings. The summed E-state index contributed by atoms with van der Waals surface area (Å²) in [6.07, 6.45) is 0.680. The molecule has 0 amide bonds. The van der Waals surface area contributed by atoms with Crippen molar-refractivity contribution in [1.82, 2.24) is 0 Å². The molecule has 1 rings (SSSR count). The van der Waals surface area contributed by atoms with Crippen LogP contribution in [0.2, 0.25) is 0 Å². The summed E-state index contributed by atoms with van der Waals surface area (Å²) in [5.74, 6) is -0.364. The lowest BCUT2D eigenvalue weighted by atomic mass is 10.1. The van der Waals surface area contributed by atoms with E-state index in [4.69, 9.17) is 10.2 Å². The molecule has 0 aromatic heterocycles. The van der Waals surface area contributed by atoms with Crippen molar-refractivity contribution in [3.63, 3.8) is 0 Å². The molecule has 0 bridgehead atoms. The van der Waals surface area contributed by atoms with Crippen molar-refractivity contribution < 1.29 is 19.4 Å². The molecule has 0 saturated heterocycles. The highest BCUT2D eigenvalue weighted by molar-refractivity contribution is 7.98. The van der Waals surface area contributed by atoms with Crippen LogP contribution in [-0.4, -0.2) is 28.5 Å². The summed E-state index contributed by atoms with van der Waals surface area (Å²) in [5, 5.41) is 17.2. The standard InChI is InChI=1S/C11H13FO3S/c12-10-6-8(11(14)15)2-3-9(10)7-16-5-1-4-13/h2-3,6,13H,1,4-5,7H2,(H,14,15). The van der Waals surface area contributed by atoms with E-state index in [2.05, 4.69) is 0 Å². The molecule has 0 aliphatic heterocycles. The van der Waals surface area contributed by atoms with E-state index in [1.165, 1.54) is 23.9 Å². The maximum absolute atomic E-state index is 13.4. The van der Waals surface area contributed by atoms with Crippen molar-refractivity contribution in [1.29, 1.82) is 0 Å². The molecule has 0 fully saturated rings. The lowest BCUT2D eigenvalue weighted by Crippen LogP contribution is -1.99. The highest BCUT2D eigenvalue weighted by Gasteiger charge is 2.07. The van der Waals surface area contributed by atoms with Gasteiger partial charge in [-0.3, -0.25) is 0 Å². The Bertz CT molecular complexity index is 368. The summed E-state index contributed by atoms with van der Waals surface area (Å²) in [4.78, 5) is 10.6. The van der Waals surface area contributed by atoms with Crippen LogP contribution in [0, 0.1) is 5.82 Å². The zero-order valence-electron chi connectivity index (χ0n) is 8.65. The number of aliphatic hydroxyl groups is 1. The Morgan fingerprint density at radius 3 is 2.75 bits per heavy atom. The van der Waals surface area contributed by atoms with Gasteiger partial charge < -0.3 is 10.2 Å². The third kappa shape index (κ3) is 3.83. The zero-order chi connectivity index (χ0) is 12.0. The number of carboxylic acid groups (broad SMARTS) is 1. The molecule has 0 radical (unpaired) electrons.